The van der Waals surface area contributed by atoms with Gasteiger partial charge in [0.1, 0.15) is 0 Å². The Balaban J connectivity index is 3.00. The SMILES string of the molecule is Clc1cc(Cl)c(Cl)c(-c2c(Cl)c(Cl)c(Cl)c(Cl)c2Cl)c1Cl. The van der Waals surface area contributed by atoms with Crippen LogP contribution in [0.3, 0.4) is 0 Å². The smallest absolute Gasteiger partial charge is 0.0809 e. The molecule has 0 N–H and O–H groups in total. The van der Waals surface area contributed by atoms with E-state index in [1.807, 2.05) is 0 Å². The van der Waals surface area contributed by atoms with Gasteiger partial charge in [-0.25, -0.2) is 0 Å². The molecule has 0 radical (unpaired) electrons. The highest BCUT2D eigenvalue weighted by Crippen LogP contribution is 2.53. The summed E-state index contributed by atoms with van der Waals surface area (Å²) < 4.78 is 0. The van der Waals surface area contributed by atoms with Crippen molar-refractivity contribution in [3.63, 3.8) is 0 Å². The Kier molecular flexibility index (Phi) is 6.03. The Morgan fingerprint density at radius 3 is 1.05 bits per heavy atom. The average molecular weight is 464 g/mol. The lowest BCUT2D eigenvalue weighted by atomic mass is 10.0. The van der Waals surface area contributed by atoms with Crippen molar-refractivity contribution in [1.82, 2.24) is 0 Å². The zero-order valence-electron chi connectivity index (χ0n) is 9.48. The van der Waals surface area contributed by atoms with Crippen molar-refractivity contribution in [2.45, 2.75) is 0 Å². The Morgan fingerprint density at radius 2 is 0.667 bits per heavy atom. The van der Waals surface area contributed by atoms with Gasteiger partial charge in [-0.1, -0.05) is 104 Å². The fraction of sp³-hybridized carbons (Fsp3) is 0. The van der Waals surface area contributed by atoms with Gasteiger partial charge in [-0.05, 0) is 6.07 Å². The lowest BCUT2D eigenvalue weighted by molar-refractivity contribution is 1.61. The topological polar surface area (TPSA) is 0 Å². The molecule has 0 aliphatic heterocycles. The van der Waals surface area contributed by atoms with Gasteiger partial charge in [0.2, 0.25) is 0 Å². The van der Waals surface area contributed by atoms with Crippen LogP contribution in [0.25, 0.3) is 11.1 Å². The van der Waals surface area contributed by atoms with Crippen LogP contribution in [0.1, 0.15) is 0 Å². The Bertz CT molecular complexity index is 696. The number of hydrogen-bond donors (Lipinski definition) is 0. The molecule has 112 valence electrons. The number of halogens is 9. The maximum absolute atomic E-state index is 6.20. The minimum Gasteiger partial charge on any atom is -0.0826 e. The lowest BCUT2D eigenvalue weighted by Crippen LogP contribution is -1.90. The van der Waals surface area contributed by atoms with E-state index in [1.165, 1.54) is 6.07 Å². The predicted octanol–water partition coefficient (Wildman–Crippen LogP) is 9.23. The monoisotopic (exact) mass is 460 g/mol. The van der Waals surface area contributed by atoms with Crippen molar-refractivity contribution in [1.29, 1.82) is 0 Å². The van der Waals surface area contributed by atoms with E-state index in [0.29, 0.717) is 0 Å². The molecule has 9 heteroatoms. The summed E-state index contributed by atoms with van der Waals surface area (Å²) in [6.45, 7) is 0. The Labute approximate surface area is 165 Å². The quantitative estimate of drug-likeness (QED) is 0.292. The molecule has 0 bridgehead atoms. The highest BCUT2D eigenvalue weighted by Gasteiger charge is 2.25. The van der Waals surface area contributed by atoms with Crippen molar-refractivity contribution >= 4 is 104 Å². The number of hydrogen-bond acceptors (Lipinski definition) is 0. The fourth-order valence-electron chi connectivity index (χ4n) is 1.62. The zero-order chi connectivity index (χ0) is 16.1. The van der Waals surface area contributed by atoms with E-state index in [-0.39, 0.29) is 56.3 Å². The fourth-order valence-corrected chi connectivity index (χ4v) is 3.94. The standard InChI is InChI=1S/C12HCl9/c13-2-1-3(14)7(16)4(6(2)15)5-8(17)10(19)12(21)11(20)9(5)18/h1H. The molecule has 0 fully saturated rings. The van der Waals surface area contributed by atoms with E-state index in [2.05, 4.69) is 0 Å². The van der Waals surface area contributed by atoms with Gasteiger partial charge in [-0.2, -0.15) is 0 Å². The van der Waals surface area contributed by atoms with E-state index in [0.717, 1.165) is 0 Å². The number of benzene rings is 2. The molecule has 0 spiro atoms. The second-order valence-corrected chi connectivity index (χ2v) is 7.25. The summed E-state index contributed by atoms with van der Waals surface area (Å²) in [5.41, 5.74) is 0.434. The van der Waals surface area contributed by atoms with Crippen molar-refractivity contribution in [3.8, 4) is 11.1 Å². The largest absolute Gasteiger partial charge is 0.0826 e. The molecule has 0 saturated carbocycles. The van der Waals surface area contributed by atoms with E-state index >= 15 is 0 Å². The molecule has 2 aromatic rings. The maximum atomic E-state index is 6.20. The second kappa shape index (κ2) is 6.89. The summed E-state index contributed by atoms with van der Waals surface area (Å²) in [5, 5.41) is 0.727. The van der Waals surface area contributed by atoms with Gasteiger partial charge >= 0.3 is 0 Å². The Hall–Kier alpha value is 1.05. The molecule has 0 aliphatic carbocycles. The van der Waals surface area contributed by atoms with Crippen LogP contribution < -0.4 is 0 Å². The first-order valence-corrected chi connectivity index (χ1v) is 8.43. The summed E-state index contributed by atoms with van der Waals surface area (Å²) in [7, 11) is 0. The third-order valence-electron chi connectivity index (χ3n) is 2.57. The van der Waals surface area contributed by atoms with E-state index in [4.69, 9.17) is 104 Å². The highest BCUT2D eigenvalue weighted by atomic mass is 35.5. The molecule has 0 nitrogen and oxygen atoms in total. The van der Waals surface area contributed by atoms with Crippen LogP contribution in [-0.2, 0) is 0 Å². The first-order chi connectivity index (χ1) is 9.68. The maximum Gasteiger partial charge on any atom is 0.0809 e. The summed E-state index contributed by atoms with van der Waals surface area (Å²) >= 11 is 54.8. The van der Waals surface area contributed by atoms with Gasteiger partial charge in [0.15, 0.2) is 0 Å². The average Bonchev–Trinajstić information content (AvgIpc) is 2.44. The normalized spacial score (nSPS) is 11.1. The van der Waals surface area contributed by atoms with Crippen LogP contribution in [0.2, 0.25) is 45.2 Å². The van der Waals surface area contributed by atoms with Crippen LogP contribution in [0, 0.1) is 0 Å². The van der Waals surface area contributed by atoms with E-state index in [1.54, 1.807) is 0 Å². The Morgan fingerprint density at radius 1 is 0.381 bits per heavy atom. The molecule has 0 saturated heterocycles. The minimum atomic E-state index is 0.0194. The lowest BCUT2D eigenvalue weighted by Gasteiger charge is -2.16. The zero-order valence-corrected chi connectivity index (χ0v) is 16.3. The molecular formula is C12HCl9. The molecule has 2 aromatic carbocycles. The van der Waals surface area contributed by atoms with Crippen molar-refractivity contribution in [2.24, 2.45) is 0 Å². The van der Waals surface area contributed by atoms with Crippen LogP contribution in [0.15, 0.2) is 6.07 Å². The molecule has 0 aromatic heterocycles. The molecule has 21 heavy (non-hydrogen) atoms. The van der Waals surface area contributed by atoms with Crippen molar-refractivity contribution in [3.05, 3.63) is 51.3 Å². The molecule has 2 rings (SSSR count). The van der Waals surface area contributed by atoms with Crippen LogP contribution in [0.5, 0.6) is 0 Å². The minimum absolute atomic E-state index is 0.0194. The van der Waals surface area contributed by atoms with Gasteiger partial charge in [0, 0.05) is 11.1 Å². The van der Waals surface area contributed by atoms with Crippen molar-refractivity contribution < 1.29 is 0 Å². The van der Waals surface area contributed by atoms with Gasteiger partial charge < -0.3 is 0 Å². The van der Waals surface area contributed by atoms with Gasteiger partial charge in [0.05, 0.1) is 45.2 Å². The summed E-state index contributed by atoms with van der Waals surface area (Å²) in [4.78, 5) is 0. The van der Waals surface area contributed by atoms with Gasteiger partial charge in [-0.15, -0.1) is 0 Å². The predicted molar refractivity (Wildman–Crippen MR) is 97.0 cm³/mol. The first-order valence-electron chi connectivity index (χ1n) is 5.03. The summed E-state index contributed by atoms with van der Waals surface area (Å²) in [5.74, 6) is 0. The first kappa shape index (κ1) is 18.4. The van der Waals surface area contributed by atoms with Gasteiger partial charge in [-0.3, -0.25) is 0 Å². The van der Waals surface area contributed by atoms with E-state index < -0.39 is 0 Å². The molecular weight excluding hydrogens is 463 g/mol. The molecule has 0 heterocycles. The third kappa shape index (κ3) is 3.18. The molecule has 0 unspecified atom stereocenters. The van der Waals surface area contributed by atoms with E-state index in [9.17, 15) is 0 Å². The summed E-state index contributed by atoms with van der Waals surface area (Å²) in [6.07, 6.45) is 0. The summed E-state index contributed by atoms with van der Waals surface area (Å²) in [6, 6.07) is 1.40. The van der Waals surface area contributed by atoms with Crippen molar-refractivity contribution in [2.75, 3.05) is 0 Å². The molecule has 0 aliphatic rings. The number of rotatable bonds is 1. The molecule has 0 atom stereocenters. The second-order valence-electron chi connectivity index (χ2n) is 3.79. The molecule has 0 amide bonds. The van der Waals surface area contributed by atoms with Crippen LogP contribution in [0.4, 0.5) is 0 Å². The van der Waals surface area contributed by atoms with Gasteiger partial charge in [0.25, 0.3) is 0 Å². The van der Waals surface area contributed by atoms with Crippen LogP contribution >= 0.6 is 104 Å². The highest BCUT2D eigenvalue weighted by molar-refractivity contribution is 6.58. The third-order valence-corrected chi connectivity index (χ3v) is 6.42. The van der Waals surface area contributed by atoms with Crippen LogP contribution in [-0.4, -0.2) is 0 Å².